The standard InChI is InChI=1S/C13H8BrClN4OS/c14-6-1-2-9(8(15)5-6)18-12(20)11-10(16)7-3-4-17-19-13(7)21-11/h1-5H,16H2,(H,18,20). The van der Waals surface area contributed by atoms with E-state index in [-0.39, 0.29) is 5.91 Å². The van der Waals surface area contributed by atoms with E-state index in [0.29, 0.717) is 26.1 Å². The summed E-state index contributed by atoms with van der Waals surface area (Å²) in [6.07, 6.45) is 1.54. The van der Waals surface area contributed by atoms with Crippen molar-refractivity contribution >= 4 is 66.4 Å². The van der Waals surface area contributed by atoms with Crippen LogP contribution >= 0.6 is 38.9 Å². The van der Waals surface area contributed by atoms with E-state index in [2.05, 4.69) is 31.4 Å². The summed E-state index contributed by atoms with van der Waals surface area (Å²) in [6.45, 7) is 0. The van der Waals surface area contributed by atoms with Crippen LogP contribution in [0, 0.1) is 0 Å². The quantitative estimate of drug-likeness (QED) is 0.702. The molecule has 2 heterocycles. The highest BCUT2D eigenvalue weighted by Crippen LogP contribution is 2.33. The number of anilines is 2. The number of carbonyl (C=O) groups excluding carboxylic acids is 1. The predicted octanol–water partition coefficient (Wildman–Crippen LogP) is 3.94. The van der Waals surface area contributed by atoms with Crippen molar-refractivity contribution in [3.63, 3.8) is 0 Å². The van der Waals surface area contributed by atoms with E-state index >= 15 is 0 Å². The molecule has 5 nitrogen and oxygen atoms in total. The molecule has 0 saturated carbocycles. The highest BCUT2D eigenvalue weighted by atomic mass is 79.9. The second-order valence-corrected chi connectivity index (χ2v) is 6.50. The zero-order valence-corrected chi connectivity index (χ0v) is 13.6. The molecule has 21 heavy (non-hydrogen) atoms. The first kappa shape index (κ1) is 14.2. The summed E-state index contributed by atoms with van der Waals surface area (Å²) in [5.41, 5.74) is 6.92. The number of aromatic nitrogens is 2. The summed E-state index contributed by atoms with van der Waals surface area (Å²) >= 11 is 10.6. The summed E-state index contributed by atoms with van der Waals surface area (Å²) < 4.78 is 0.835. The van der Waals surface area contributed by atoms with Crippen LogP contribution < -0.4 is 11.1 Å². The average Bonchev–Trinajstić information content (AvgIpc) is 2.80. The molecule has 0 aliphatic rings. The van der Waals surface area contributed by atoms with Crippen LogP contribution in [0.3, 0.4) is 0 Å². The highest BCUT2D eigenvalue weighted by molar-refractivity contribution is 9.10. The van der Waals surface area contributed by atoms with Gasteiger partial charge in [-0.1, -0.05) is 27.5 Å². The first-order valence-electron chi connectivity index (χ1n) is 5.82. The predicted molar refractivity (Wildman–Crippen MR) is 88.9 cm³/mol. The highest BCUT2D eigenvalue weighted by Gasteiger charge is 2.18. The van der Waals surface area contributed by atoms with Gasteiger partial charge in [0.1, 0.15) is 9.71 Å². The van der Waals surface area contributed by atoms with Gasteiger partial charge in [-0.2, -0.15) is 5.10 Å². The largest absolute Gasteiger partial charge is 0.397 e. The van der Waals surface area contributed by atoms with E-state index < -0.39 is 0 Å². The molecule has 0 spiro atoms. The van der Waals surface area contributed by atoms with Crippen LogP contribution in [0.15, 0.2) is 34.9 Å². The van der Waals surface area contributed by atoms with E-state index in [1.165, 1.54) is 11.3 Å². The zero-order valence-electron chi connectivity index (χ0n) is 10.4. The zero-order chi connectivity index (χ0) is 15.0. The maximum absolute atomic E-state index is 12.3. The third-order valence-electron chi connectivity index (χ3n) is 2.81. The molecule has 106 valence electrons. The number of carbonyl (C=O) groups is 1. The summed E-state index contributed by atoms with van der Waals surface area (Å²) in [5, 5.41) is 11.7. The van der Waals surface area contributed by atoms with Gasteiger partial charge >= 0.3 is 0 Å². The molecule has 3 rings (SSSR count). The van der Waals surface area contributed by atoms with Crippen LogP contribution in [-0.2, 0) is 0 Å². The molecule has 0 atom stereocenters. The maximum atomic E-state index is 12.3. The molecule has 3 N–H and O–H groups in total. The average molecular weight is 384 g/mol. The van der Waals surface area contributed by atoms with Crippen molar-refractivity contribution in [1.29, 1.82) is 0 Å². The molecule has 1 aromatic carbocycles. The molecule has 8 heteroatoms. The van der Waals surface area contributed by atoms with Crippen molar-refractivity contribution in [2.24, 2.45) is 0 Å². The van der Waals surface area contributed by atoms with Crippen LogP contribution in [0.25, 0.3) is 10.2 Å². The summed E-state index contributed by atoms with van der Waals surface area (Å²) in [6, 6.07) is 6.95. The number of hydrogen-bond donors (Lipinski definition) is 2. The van der Waals surface area contributed by atoms with E-state index in [1.807, 2.05) is 0 Å². The Morgan fingerprint density at radius 2 is 2.19 bits per heavy atom. The van der Waals surface area contributed by atoms with Crippen molar-refractivity contribution in [2.75, 3.05) is 11.1 Å². The van der Waals surface area contributed by atoms with E-state index in [4.69, 9.17) is 17.3 Å². The molecule has 0 saturated heterocycles. The minimum Gasteiger partial charge on any atom is -0.397 e. The van der Waals surface area contributed by atoms with Gasteiger partial charge in [0.05, 0.1) is 22.6 Å². The Bertz CT molecular complexity index is 851. The lowest BCUT2D eigenvalue weighted by atomic mass is 10.2. The lowest BCUT2D eigenvalue weighted by molar-refractivity contribution is 0.103. The molecule has 0 bridgehead atoms. The number of nitrogens with two attached hydrogens (primary N) is 1. The topological polar surface area (TPSA) is 80.9 Å². The summed E-state index contributed by atoms with van der Waals surface area (Å²) in [7, 11) is 0. The van der Waals surface area contributed by atoms with Gasteiger partial charge in [0.25, 0.3) is 5.91 Å². The van der Waals surface area contributed by atoms with Crippen LogP contribution in [0.2, 0.25) is 5.02 Å². The van der Waals surface area contributed by atoms with Gasteiger partial charge < -0.3 is 11.1 Å². The first-order valence-corrected chi connectivity index (χ1v) is 7.81. The SMILES string of the molecule is Nc1c(C(=O)Nc2ccc(Br)cc2Cl)sc2nnccc12. The van der Waals surface area contributed by atoms with Gasteiger partial charge in [0, 0.05) is 9.86 Å². The maximum Gasteiger partial charge on any atom is 0.267 e. The van der Waals surface area contributed by atoms with Crippen LogP contribution in [0.1, 0.15) is 9.67 Å². The van der Waals surface area contributed by atoms with Gasteiger partial charge in [-0.25, -0.2) is 0 Å². The Morgan fingerprint density at radius 3 is 2.90 bits per heavy atom. The van der Waals surface area contributed by atoms with Gasteiger partial charge in [0.2, 0.25) is 0 Å². The monoisotopic (exact) mass is 382 g/mol. The number of fused-ring (bicyclic) bond motifs is 1. The smallest absolute Gasteiger partial charge is 0.267 e. The molecule has 0 unspecified atom stereocenters. The second kappa shape index (κ2) is 5.59. The molecule has 0 aliphatic carbocycles. The lowest BCUT2D eigenvalue weighted by Gasteiger charge is -2.06. The third kappa shape index (κ3) is 2.72. The van der Waals surface area contributed by atoms with Crippen LogP contribution in [0.5, 0.6) is 0 Å². The molecule has 0 radical (unpaired) electrons. The minimum absolute atomic E-state index is 0.320. The molecular formula is C13H8BrClN4OS. The second-order valence-electron chi connectivity index (χ2n) is 4.17. The Labute approximate surface area is 137 Å². The van der Waals surface area contributed by atoms with Crippen molar-refractivity contribution in [3.8, 4) is 0 Å². The van der Waals surface area contributed by atoms with Crippen molar-refractivity contribution in [2.45, 2.75) is 0 Å². The van der Waals surface area contributed by atoms with Crippen LogP contribution in [0.4, 0.5) is 11.4 Å². The number of halogens is 2. The number of rotatable bonds is 2. The fourth-order valence-corrected chi connectivity index (χ4v) is 3.47. The first-order chi connectivity index (χ1) is 10.1. The molecule has 1 amide bonds. The Kier molecular flexibility index (Phi) is 3.79. The Hall–Kier alpha value is -1.70. The van der Waals surface area contributed by atoms with Gasteiger partial charge in [-0.3, -0.25) is 4.79 Å². The normalized spacial score (nSPS) is 10.8. The van der Waals surface area contributed by atoms with Gasteiger partial charge in [-0.15, -0.1) is 16.4 Å². The molecular weight excluding hydrogens is 376 g/mol. The third-order valence-corrected chi connectivity index (χ3v) is 4.72. The fourth-order valence-electron chi connectivity index (χ4n) is 1.81. The van der Waals surface area contributed by atoms with Crippen LogP contribution in [-0.4, -0.2) is 16.1 Å². The van der Waals surface area contributed by atoms with E-state index in [9.17, 15) is 4.79 Å². The molecule has 2 aromatic heterocycles. The number of hydrogen-bond acceptors (Lipinski definition) is 5. The number of thiophene rings is 1. The number of nitrogens with zero attached hydrogens (tertiary/aromatic N) is 2. The lowest BCUT2D eigenvalue weighted by Crippen LogP contribution is -2.12. The molecule has 3 aromatic rings. The molecule has 0 aliphatic heterocycles. The van der Waals surface area contributed by atoms with E-state index in [0.717, 1.165) is 9.86 Å². The Balaban J connectivity index is 1.95. The Morgan fingerprint density at radius 1 is 1.38 bits per heavy atom. The van der Waals surface area contributed by atoms with Crippen molar-refractivity contribution < 1.29 is 4.79 Å². The molecule has 0 fully saturated rings. The summed E-state index contributed by atoms with van der Waals surface area (Å²) in [4.78, 5) is 13.4. The fraction of sp³-hybridized carbons (Fsp3) is 0. The van der Waals surface area contributed by atoms with Crippen molar-refractivity contribution in [3.05, 3.63) is 44.8 Å². The summed E-state index contributed by atoms with van der Waals surface area (Å²) in [5.74, 6) is -0.320. The number of nitrogen functional groups attached to an aromatic ring is 1. The minimum atomic E-state index is -0.320. The van der Waals surface area contributed by atoms with E-state index in [1.54, 1.807) is 30.5 Å². The van der Waals surface area contributed by atoms with Gasteiger partial charge in [-0.05, 0) is 24.3 Å². The number of nitrogens with one attached hydrogen (secondary N) is 1. The van der Waals surface area contributed by atoms with Gasteiger partial charge in [0.15, 0.2) is 0 Å². The number of benzene rings is 1. The van der Waals surface area contributed by atoms with Crippen molar-refractivity contribution in [1.82, 2.24) is 10.2 Å². The number of amides is 1.